The van der Waals surface area contributed by atoms with Gasteiger partial charge in [0.05, 0.1) is 17.9 Å². The van der Waals surface area contributed by atoms with E-state index < -0.39 is 23.5 Å². The molecular formula is C37H34BrN5O5S2. The van der Waals surface area contributed by atoms with Crippen LogP contribution in [0.25, 0.3) is 6.08 Å². The van der Waals surface area contributed by atoms with Crippen LogP contribution in [0.1, 0.15) is 52.7 Å². The van der Waals surface area contributed by atoms with Gasteiger partial charge in [-0.15, -0.1) is 23.1 Å². The summed E-state index contributed by atoms with van der Waals surface area (Å²) in [5, 5.41) is 18.8. The van der Waals surface area contributed by atoms with E-state index in [1.165, 1.54) is 23.1 Å². The quantitative estimate of drug-likeness (QED) is 0.116. The predicted octanol–water partition coefficient (Wildman–Crippen LogP) is 7.82. The fourth-order valence-electron chi connectivity index (χ4n) is 4.97. The van der Waals surface area contributed by atoms with Gasteiger partial charge in [0.1, 0.15) is 22.4 Å². The molecule has 13 heteroatoms. The molecule has 50 heavy (non-hydrogen) atoms. The molecule has 0 saturated heterocycles. The highest BCUT2D eigenvalue weighted by Gasteiger charge is 2.30. The second-order valence-electron chi connectivity index (χ2n) is 12.2. The summed E-state index contributed by atoms with van der Waals surface area (Å²) in [6, 6.07) is 25.2. The summed E-state index contributed by atoms with van der Waals surface area (Å²) in [7, 11) is 0. The summed E-state index contributed by atoms with van der Waals surface area (Å²) in [5.41, 5.74) is 2.29. The Morgan fingerprint density at radius 2 is 1.78 bits per heavy atom. The number of nitrogens with zero attached hydrogens (tertiary/aromatic N) is 2. The minimum Gasteiger partial charge on any atom is -0.444 e. The van der Waals surface area contributed by atoms with Crippen LogP contribution in [0.4, 0.5) is 15.5 Å². The van der Waals surface area contributed by atoms with Crippen molar-refractivity contribution in [1.29, 1.82) is 5.26 Å². The van der Waals surface area contributed by atoms with E-state index in [1.54, 1.807) is 59.5 Å². The molecular weight excluding hydrogens is 738 g/mol. The first-order chi connectivity index (χ1) is 23.9. The number of benzene rings is 3. The molecule has 2 heterocycles. The van der Waals surface area contributed by atoms with Crippen molar-refractivity contribution in [1.82, 2.24) is 10.2 Å². The minimum atomic E-state index is -0.618. The molecule has 5 rings (SSSR count). The van der Waals surface area contributed by atoms with Crippen LogP contribution in [0.5, 0.6) is 0 Å². The maximum absolute atomic E-state index is 13.5. The van der Waals surface area contributed by atoms with E-state index in [0.717, 1.165) is 19.8 Å². The van der Waals surface area contributed by atoms with E-state index in [-0.39, 0.29) is 17.4 Å². The van der Waals surface area contributed by atoms with E-state index in [0.29, 0.717) is 46.9 Å². The smallest absolute Gasteiger partial charge is 0.410 e. The number of hydrogen-bond donors (Lipinski definition) is 3. The van der Waals surface area contributed by atoms with Crippen LogP contribution in [-0.2, 0) is 27.3 Å². The average molecular weight is 773 g/mol. The van der Waals surface area contributed by atoms with Gasteiger partial charge in [0.2, 0.25) is 5.91 Å². The lowest BCUT2D eigenvalue weighted by Gasteiger charge is -2.29. The second-order valence-corrected chi connectivity index (χ2v) is 15.3. The topological polar surface area (TPSA) is 141 Å². The largest absolute Gasteiger partial charge is 0.444 e. The first-order valence-corrected chi connectivity index (χ1v) is 18.2. The maximum Gasteiger partial charge on any atom is 0.410 e. The van der Waals surface area contributed by atoms with Gasteiger partial charge in [-0.25, -0.2) is 4.79 Å². The summed E-state index contributed by atoms with van der Waals surface area (Å²) in [6.07, 6.45) is 1.67. The van der Waals surface area contributed by atoms with Crippen molar-refractivity contribution in [3.8, 4) is 6.07 Å². The Balaban J connectivity index is 1.23. The molecule has 0 unspecified atom stereocenters. The summed E-state index contributed by atoms with van der Waals surface area (Å²) in [6.45, 7) is 6.16. The van der Waals surface area contributed by atoms with Crippen LogP contribution < -0.4 is 16.0 Å². The van der Waals surface area contributed by atoms with Gasteiger partial charge in [0.25, 0.3) is 11.8 Å². The van der Waals surface area contributed by atoms with E-state index >= 15 is 0 Å². The monoisotopic (exact) mass is 771 g/mol. The molecule has 256 valence electrons. The van der Waals surface area contributed by atoms with E-state index in [1.807, 2.05) is 51.1 Å². The summed E-state index contributed by atoms with van der Waals surface area (Å²) in [5.74, 6) is -1.20. The molecule has 1 aromatic heterocycles. The highest BCUT2D eigenvalue weighted by molar-refractivity contribution is 9.10. The summed E-state index contributed by atoms with van der Waals surface area (Å²) >= 11 is 6.00. The predicted molar refractivity (Wildman–Crippen MR) is 200 cm³/mol. The van der Waals surface area contributed by atoms with Crippen LogP contribution in [0.3, 0.4) is 0 Å². The molecule has 0 fully saturated rings. The zero-order chi connectivity index (χ0) is 35.8. The molecule has 0 atom stereocenters. The van der Waals surface area contributed by atoms with Crippen LogP contribution in [0.2, 0.25) is 0 Å². The van der Waals surface area contributed by atoms with Crippen molar-refractivity contribution < 1.29 is 23.9 Å². The van der Waals surface area contributed by atoms with Gasteiger partial charge >= 0.3 is 6.09 Å². The molecule has 0 bridgehead atoms. The minimum absolute atomic E-state index is 0.0514. The van der Waals surface area contributed by atoms with Crippen molar-refractivity contribution in [2.45, 2.75) is 44.2 Å². The fourth-order valence-corrected chi connectivity index (χ4v) is 7.37. The molecule has 0 aliphatic carbocycles. The SMILES string of the molecule is CC(C)(C)OC(=O)N1CCc2c(sc(NC(=O)CSc3cccc(NC(=O)/C(=C\c4cccc(Br)c4)NC(=O)c4ccccc4)c3)c2C#N)C1. The number of carbonyl (C=O) groups is 4. The molecule has 0 saturated carbocycles. The Bertz CT molecular complexity index is 2000. The first-order valence-electron chi connectivity index (χ1n) is 15.6. The van der Waals surface area contributed by atoms with Gasteiger partial charge in [-0.3, -0.25) is 14.4 Å². The molecule has 4 amide bonds. The maximum atomic E-state index is 13.5. The van der Waals surface area contributed by atoms with Gasteiger partial charge in [-0.05, 0) is 86.9 Å². The van der Waals surface area contributed by atoms with E-state index in [9.17, 15) is 24.4 Å². The van der Waals surface area contributed by atoms with Crippen molar-refractivity contribution >= 4 is 79.6 Å². The normalized spacial score (nSPS) is 12.7. The highest BCUT2D eigenvalue weighted by atomic mass is 79.9. The standard InChI is InChI=1S/C37H34BrN5O5S2/c1-37(2,3)48-36(47)43-16-15-28-29(20-39)35(50-31(28)21-43)42-32(44)22-49-27-14-8-13-26(19-27)40-34(46)30(18-23-9-7-12-25(38)17-23)41-33(45)24-10-5-4-6-11-24/h4-14,17-19H,15-16,21-22H2,1-3H3,(H,40,46)(H,41,45)(H,42,44)/b30-18+. The molecule has 4 aromatic rings. The Morgan fingerprint density at radius 1 is 1.02 bits per heavy atom. The van der Waals surface area contributed by atoms with Gasteiger partial charge in [0.15, 0.2) is 0 Å². The van der Waals surface area contributed by atoms with Crippen LogP contribution in [0, 0.1) is 11.3 Å². The Kier molecular flexibility index (Phi) is 11.8. The number of carbonyl (C=O) groups excluding carboxylic acids is 4. The van der Waals surface area contributed by atoms with Gasteiger partial charge in [-0.2, -0.15) is 5.26 Å². The number of fused-ring (bicyclic) bond motifs is 1. The number of ether oxygens (including phenoxy) is 1. The van der Waals surface area contributed by atoms with Crippen molar-refractivity contribution in [2.75, 3.05) is 22.9 Å². The zero-order valence-electron chi connectivity index (χ0n) is 27.5. The summed E-state index contributed by atoms with van der Waals surface area (Å²) in [4.78, 5) is 55.3. The molecule has 1 aliphatic rings. The van der Waals surface area contributed by atoms with Crippen molar-refractivity contribution in [3.05, 3.63) is 116 Å². The number of anilines is 2. The highest BCUT2D eigenvalue weighted by Crippen LogP contribution is 2.37. The number of halogens is 1. The molecule has 3 N–H and O–H groups in total. The van der Waals surface area contributed by atoms with Gasteiger partial charge in [-0.1, -0.05) is 52.3 Å². The number of thioether (sulfide) groups is 1. The lowest BCUT2D eigenvalue weighted by atomic mass is 10.0. The number of nitrogens with one attached hydrogen (secondary N) is 3. The number of nitriles is 1. The van der Waals surface area contributed by atoms with Gasteiger partial charge < -0.3 is 25.6 Å². The van der Waals surface area contributed by atoms with E-state index in [2.05, 4.69) is 37.9 Å². The molecule has 10 nitrogen and oxygen atoms in total. The van der Waals surface area contributed by atoms with Crippen molar-refractivity contribution in [2.24, 2.45) is 0 Å². The Morgan fingerprint density at radius 3 is 2.50 bits per heavy atom. The number of amides is 4. The summed E-state index contributed by atoms with van der Waals surface area (Å²) < 4.78 is 6.33. The van der Waals surface area contributed by atoms with Crippen LogP contribution in [0.15, 0.2) is 93.9 Å². The fraction of sp³-hybridized carbons (Fsp3) is 0.216. The third-order valence-corrected chi connectivity index (χ3v) is 9.84. The Labute approximate surface area is 307 Å². The molecule has 0 spiro atoms. The Hall–Kier alpha value is -4.90. The van der Waals surface area contributed by atoms with Crippen LogP contribution in [-0.4, -0.2) is 46.6 Å². The van der Waals surface area contributed by atoms with Gasteiger partial charge in [0, 0.05) is 32.0 Å². The lowest BCUT2D eigenvalue weighted by Crippen LogP contribution is -2.39. The molecule has 3 aromatic carbocycles. The first kappa shape index (κ1) is 36.4. The number of thiophene rings is 1. The number of hydrogen-bond acceptors (Lipinski definition) is 8. The zero-order valence-corrected chi connectivity index (χ0v) is 30.8. The third kappa shape index (κ3) is 9.84. The second kappa shape index (κ2) is 16.2. The van der Waals surface area contributed by atoms with Crippen LogP contribution >= 0.6 is 39.0 Å². The van der Waals surface area contributed by atoms with Crippen molar-refractivity contribution in [3.63, 3.8) is 0 Å². The number of rotatable bonds is 9. The third-order valence-electron chi connectivity index (χ3n) is 7.22. The molecule has 1 aliphatic heterocycles. The van der Waals surface area contributed by atoms with E-state index in [4.69, 9.17) is 4.74 Å². The average Bonchev–Trinajstić information content (AvgIpc) is 3.42. The molecule has 0 radical (unpaired) electrons. The lowest BCUT2D eigenvalue weighted by molar-refractivity contribution is -0.114.